The van der Waals surface area contributed by atoms with Crippen LogP contribution in [0.5, 0.6) is 0 Å². The zero-order valence-corrected chi connectivity index (χ0v) is 25.5. The number of carbonyl (C=O) groups excluding carboxylic acids is 3. The van der Waals surface area contributed by atoms with E-state index in [9.17, 15) is 19.5 Å². The van der Waals surface area contributed by atoms with E-state index in [1.165, 1.54) is 9.80 Å². The van der Waals surface area contributed by atoms with Gasteiger partial charge in [-0.1, -0.05) is 73.1 Å². The average molecular weight is 607 g/mol. The van der Waals surface area contributed by atoms with Crippen molar-refractivity contribution in [1.29, 1.82) is 0 Å². The molecule has 2 aromatic rings. The second-order valence-electron chi connectivity index (χ2n) is 11.6. The highest BCUT2D eigenvalue weighted by Gasteiger charge is 2.79. The third kappa shape index (κ3) is 4.89. The normalized spacial score (nSPS) is 28.0. The summed E-state index contributed by atoms with van der Waals surface area (Å²) in [5.74, 6) is -3.18. The Balaban J connectivity index is 1.68. The first-order chi connectivity index (χ1) is 20.7. The molecule has 3 heterocycles. The quantitative estimate of drug-likeness (QED) is 0.203. The summed E-state index contributed by atoms with van der Waals surface area (Å²) in [5.41, 5.74) is -0.286. The fraction of sp³-hybridized carbons (Fsp3) is 0.441. The molecule has 228 valence electrons. The minimum Gasteiger partial charge on any atom is -0.465 e. The van der Waals surface area contributed by atoms with Crippen molar-refractivity contribution >= 4 is 35.1 Å². The van der Waals surface area contributed by atoms with Crippen LogP contribution in [0.4, 0.5) is 5.69 Å². The number of hydrogen-bond donors (Lipinski definition) is 1. The van der Waals surface area contributed by atoms with E-state index in [2.05, 4.69) is 13.2 Å². The number of nitrogens with zero attached hydrogens (tertiary/aromatic N) is 2. The molecule has 0 saturated carbocycles. The summed E-state index contributed by atoms with van der Waals surface area (Å²) in [5, 5.41) is 11.1. The van der Waals surface area contributed by atoms with E-state index in [0.717, 1.165) is 5.56 Å². The van der Waals surface area contributed by atoms with E-state index in [1.54, 1.807) is 18.2 Å². The number of ether oxygens (including phenoxy) is 2. The van der Waals surface area contributed by atoms with Gasteiger partial charge in [-0.25, -0.2) is 0 Å². The number of amides is 2. The van der Waals surface area contributed by atoms with Gasteiger partial charge in [0.15, 0.2) is 0 Å². The van der Waals surface area contributed by atoms with Gasteiger partial charge in [0.1, 0.15) is 17.6 Å². The maximum atomic E-state index is 15.0. The number of aliphatic hydroxyl groups excluding tert-OH is 1. The van der Waals surface area contributed by atoms with Crippen molar-refractivity contribution in [3.05, 3.63) is 90.0 Å². The van der Waals surface area contributed by atoms with E-state index in [1.807, 2.05) is 56.3 Å². The number of aryl methyl sites for hydroxylation is 1. The lowest BCUT2D eigenvalue weighted by Crippen LogP contribution is -2.57. The Morgan fingerprint density at radius 2 is 1.93 bits per heavy atom. The van der Waals surface area contributed by atoms with E-state index in [-0.39, 0.29) is 13.2 Å². The summed E-state index contributed by atoms with van der Waals surface area (Å²) in [6.45, 7) is 11.2. The van der Waals surface area contributed by atoms with Crippen molar-refractivity contribution in [3.63, 3.8) is 0 Å². The van der Waals surface area contributed by atoms with Gasteiger partial charge in [-0.15, -0.1) is 13.2 Å². The van der Waals surface area contributed by atoms with Crippen molar-refractivity contribution in [2.24, 2.45) is 11.8 Å². The zero-order chi connectivity index (χ0) is 30.9. The SMILES string of the molecule is C=CCCOC(=O)[C@@H]1[C@H]2C(=O)N([C@H](CO)c3ccccc3)C(C(=O)N(CC=C)c3c(C)cccc3Cl)C23CC[C@@]1(CC)O3. The number of aliphatic hydroxyl groups is 1. The largest absolute Gasteiger partial charge is 0.465 e. The predicted molar refractivity (Wildman–Crippen MR) is 164 cm³/mol. The van der Waals surface area contributed by atoms with Gasteiger partial charge in [0.05, 0.1) is 41.5 Å². The van der Waals surface area contributed by atoms with Gasteiger partial charge in [0.2, 0.25) is 5.91 Å². The standard InChI is InChI=1S/C34H39ClN2O6/c1-5-8-20-42-32(41)27-26-30(39)37(25(21-38)23-14-10-9-11-15-23)29(34(26)18-17-33(27,7-3)43-34)31(40)36(19-6-2)28-22(4)13-12-16-24(28)35/h5-6,9-16,25-27,29,38H,1-2,7-8,17-21H2,3-4H3/t25-,26+,27+,29?,33-,34?/m1/s1. The van der Waals surface area contributed by atoms with Gasteiger partial charge in [-0.3, -0.25) is 14.4 Å². The Morgan fingerprint density at radius 3 is 2.56 bits per heavy atom. The molecule has 8 nitrogen and oxygen atoms in total. The molecule has 2 bridgehead atoms. The van der Waals surface area contributed by atoms with Crippen LogP contribution >= 0.6 is 11.6 Å². The monoisotopic (exact) mass is 606 g/mol. The lowest BCUT2D eigenvalue weighted by atomic mass is 9.65. The van der Waals surface area contributed by atoms with Crippen LogP contribution in [0.2, 0.25) is 5.02 Å². The molecule has 5 rings (SSSR count). The van der Waals surface area contributed by atoms with Crippen LogP contribution in [0.15, 0.2) is 73.8 Å². The molecule has 3 fully saturated rings. The van der Waals surface area contributed by atoms with Gasteiger partial charge >= 0.3 is 5.97 Å². The van der Waals surface area contributed by atoms with Gasteiger partial charge in [0.25, 0.3) is 5.91 Å². The molecule has 2 unspecified atom stereocenters. The first-order valence-corrected chi connectivity index (χ1v) is 15.2. The van der Waals surface area contributed by atoms with Crippen LogP contribution in [-0.2, 0) is 23.9 Å². The molecule has 3 saturated heterocycles. The topological polar surface area (TPSA) is 96.4 Å². The molecule has 6 atom stereocenters. The summed E-state index contributed by atoms with van der Waals surface area (Å²) >= 11 is 6.67. The van der Waals surface area contributed by atoms with Gasteiger partial charge in [0, 0.05) is 6.54 Å². The fourth-order valence-corrected chi connectivity index (χ4v) is 7.85. The highest BCUT2D eigenvalue weighted by Crippen LogP contribution is 2.65. The molecule has 2 aromatic carbocycles. The van der Waals surface area contributed by atoms with Crippen molar-refractivity contribution < 1.29 is 29.0 Å². The molecule has 3 aliphatic heterocycles. The summed E-state index contributed by atoms with van der Waals surface area (Å²) in [7, 11) is 0. The van der Waals surface area contributed by atoms with Crippen molar-refractivity contribution in [1.82, 2.24) is 4.90 Å². The number of esters is 1. The molecule has 2 amide bonds. The summed E-state index contributed by atoms with van der Waals surface area (Å²) in [6.07, 6.45) is 5.12. The van der Waals surface area contributed by atoms with Crippen molar-refractivity contribution in [2.45, 2.75) is 62.8 Å². The zero-order valence-electron chi connectivity index (χ0n) is 24.7. The first kappa shape index (κ1) is 31.0. The summed E-state index contributed by atoms with van der Waals surface area (Å²) in [4.78, 5) is 46.4. The molecule has 1 N–H and O–H groups in total. The number of para-hydroxylation sites is 1. The molecule has 43 heavy (non-hydrogen) atoms. The second kappa shape index (κ2) is 12.3. The number of hydrogen-bond acceptors (Lipinski definition) is 6. The minimum absolute atomic E-state index is 0.129. The summed E-state index contributed by atoms with van der Waals surface area (Å²) < 4.78 is 12.5. The third-order valence-corrected chi connectivity index (χ3v) is 9.71. The first-order valence-electron chi connectivity index (χ1n) is 14.8. The molecule has 9 heteroatoms. The number of carbonyl (C=O) groups is 3. The average Bonchev–Trinajstić information content (AvgIpc) is 3.61. The lowest BCUT2D eigenvalue weighted by Gasteiger charge is -2.40. The Labute approximate surface area is 257 Å². The van der Waals surface area contributed by atoms with E-state index >= 15 is 0 Å². The Bertz CT molecular complexity index is 1390. The van der Waals surface area contributed by atoms with E-state index in [4.69, 9.17) is 21.1 Å². The number of likely N-dealkylation sites (tertiary alicyclic amines) is 1. The van der Waals surface area contributed by atoms with E-state index in [0.29, 0.717) is 42.0 Å². The lowest BCUT2D eigenvalue weighted by molar-refractivity contribution is -0.162. The number of rotatable bonds is 12. The van der Waals surface area contributed by atoms with E-state index < -0.39 is 59.5 Å². The van der Waals surface area contributed by atoms with Crippen LogP contribution in [0.1, 0.15) is 49.8 Å². The third-order valence-electron chi connectivity index (χ3n) is 9.40. The van der Waals surface area contributed by atoms with Gasteiger partial charge in [-0.05, 0) is 49.8 Å². The van der Waals surface area contributed by atoms with Crippen LogP contribution in [0, 0.1) is 18.8 Å². The highest BCUT2D eigenvalue weighted by atomic mass is 35.5. The fourth-order valence-electron chi connectivity index (χ4n) is 7.52. The molecule has 1 spiro atoms. The number of halogens is 1. The van der Waals surface area contributed by atoms with Gasteiger partial charge < -0.3 is 24.4 Å². The van der Waals surface area contributed by atoms with Crippen LogP contribution in [0.3, 0.4) is 0 Å². The van der Waals surface area contributed by atoms with Crippen molar-refractivity contribution in [3.8, 4) is 0 Å². The summed E-state index contributed by atoms with van der Waals surface area (Å²) in [6, 6.07) is 12.5. The number of anilines is 1. The minimum atomic E-state index is -1.30. The smallest absolute Gasteiger partial charge is 0.312 e. The molecule has 0 aliphatic carbocycles. The van der Waals surface area contributed by atoms with Crippen molar-refractivity contribution in [2.75, 3.05) is 24.7 Å². The maximum Gasteiger partial charge on any atom is 0.312 e. The van der Waals surface area contributed by atoms with Crippen LogP contribution < -0.4 is 4.90 Å². The van der Waals surface area contributed by atoms with Gasteiger partial charge in [-0.2, -0.15) is 0 Å². The molecular weight excluding hydrogens is 568 g/mol. The second-order valence-corrected chi connectivity index (χ2v) is 12.0. The molecule has 0 aromatic heterocycles. The molecule has 3 aliphatic rings. The Hall–Kier alpha value is -3.46. The highest BCUT2D eigenvalue weighted by molar-refractivity contribution is 6.34. The Morgan fingerprint density at radius 1 is 1.19 bits per heavy atom. The maximum absolute atomic E-state index is 15.0. The van der Waals surface area contributed by atoms with Crippen LogP contribution in [-0.4, -0.2) is 64.8 Å². The van der Waals surface area contributed by atoms with Crippen LogP contribution in [0.25, 0.3) is 0 Å². The predicted octanol–water partition coefficient (Wildman–Crippen LogP) is 5.18. The number of fused-ring (bicyclic) bond motifs is 1. The molecule has 0 radical (unpaired) electrons. The number of benzene rings is 2. The Kier molecular flexibility index (Phi) is 8.84. The molecular formula is C34H39ClN2O6.